The Morgan fingerprint density at radius 3 is 2.44 bits per heavy atom. The molecule has 5 heteroatoms. The number of hydrogen-bond donors (Lipinski definition) is 2. The van der Waals surface area contributed by atoms with Gasteiger partial charge in [-0.25, -0.2) is 0 Å². The van der Waals surface area contributed by atoms with Gasteiger partial charge in [-0.1, -0.05) is 30.3 Å². The first-order chi connectivity index (χ1) is 13.2. The van der Waals surface area contributed by atoms with E-state index in [9.17, 15) is 4.79 Å². The first kappa shape index (κ1) is 19.4. The number of aliphatic hydroxyl groups is 1. The smallest absolute Gasteiger partial charge is 0.251 e. The van der Waals surface area contributed by atoms with Gasteiger partial charge >= 0.3 is 0 Å². The number of nitrogens with one attached hydrogen (secondary N) is 1. The van der Waals surface area contributed by atoms with Gasteiger partial charge < -0.3 is 20.1 Å². The van der Waals surface area contributed by atoms with Crippen molar-refractivity contribution in [2.75, 3.05) is 32.8 Å². The largest absolute Gasteiger partial charge is 0.490 e. The maximum atomic E-state index is 11.8. The van der Waals surface area contributed by atoms with Crippen LogP contribution in [-0.4, -0.2) is 54.8 Å². The maximum absolute atomic E-state index is 11.8. The highest BCUT2D eigenvalue weighted by Gasteiger charge is 2.20. The first-order valence-electron chi connectivity index (χ1n) is 9.66. The lowest BCUT2D eigenvalue weighted by Gasteiger charge is -2.32. The molecule has 2 N–H and O–H groups in total. The van der Waals surface area contributed by atoms with Crippen molar-refractivity contribution in [2.45, 2.75) is 25.4 Å². The highest BCUT2D eigenvalue weighted by atomic mass is 16.5. The molecule has 1 saturated heterocycles. The highest BCUT2D eigenvalue weighted by Crippen LogP contribution is 2.20. The molecular formula is C22H28N2O3. The van der Waals surface area contributed by atoms with Crippen molar-refractivity contribution in [3.63, 3.8) is 0 Å². The van der Waals surface area contributed by atoms with E-state index in [2.05, 4.69) is 40.5 Å². The third kappa shape index (κ3) is 6.08. The Balaban J connectivity index is 1.40. The van der Waals surface area contributed by atoms with Crippen LogP contribution in [0.25, 0.3) is 0 Å². The second-order valence-corrected chi connectivity index (χ2v) is 6.90. The summed E-state index contributed by atoms with van der Waals surface area (Å²) in [6.45, 7) is 3.41. The van der Waals surface area contributed by atoms with Crippen molar-refractivity contribution >= 4 is 5.91 Å². The van der Waals surface area contributed by atoms with Crippen molar-refractivity contribution < 1.29 is 14.6 Å². The zero-order valence-corrected chi connectivity index (χ0v) is 15.6. The van der Waals surface area contributed by atoms with E-state index in [-0.39, 0.29) is 25.2 Å². The molecule has 1 fully saturated rings. The summed E-state index contributed by atoms with van der Waals surface area (Å²) in [4.78, 5) is 14.3. The van der Waals surface area contributed by atoms with Crippen LogP contribution in [0.3, 0.4) is 0 Å². The predicted molar refractivity (Wildman–Crippen MR) is 106 cm³/mol. The summed E-state index contributed by atoms with van der Waals surface area (Å²) in [6.07, 6.45) is 3.36. The fourth-order valence-corrected chi connectivity index (χ4v) is 3.33. The fraction of sp³-hybridized carbons (Fsp3) is 0.409. The minimum Gasteiger partial charge on any atom is -0.490 e. The molecular weight excluding hydrogens is 340 g/mol. The molecule has 3 rings (SSSR count). The van der Waals surface area contributed by atoms with E-state index < -0.39 is 0 Å². The summed E-state index contributed by atoms with van der Waals surface area (Å²) < 4.78 is 6.08. The molecule has 0 bridgehead atoms. The van der Waals surface area contributed by atoms with E-state index >= 15 is 0 Å². The molecule has 144 valence electrons. The van der Waals surface area contributed by atoms with Gasteiger partial charge in [0.1, 0.15) is 11.9 Å². The van der Waals surface area contributed by atoms with Crippen molar-refractivity contribution in [2.24, 2.45) is 0 Å². The number of benzene rings is 2. The van der Waals surface area contributed by atoms with Crippen LogP contribution in [0.1, 0.15) is 28.8 Å². The molecule has 0 unspecified atom stereocenters. The van der Waals surface area contributed by atoms with Gasteiger partial charge in [-0.3, -0.25) is 4.79 Å². The van der Waals surface area contributed by atoms with Crippen molar-refractivity contribution in [3.8, 4) is 5.75 Å². The number of piperidine rings is 1. The molecule has 0 saturated carbocycles. The predicted octanol–water partition coefficient (Wildman–Crippen LogP) is 2.49. The number of hydrogen-bond acceptors (Lipinski definition) is 4. The molecule has 1 aliphatic rings. The average Bonchev–Trinajstić information content (AvgIpc) is 2.73. The van der Waals surface area contributed by atoms with Crippen LogP contribution in [0.4, 0.5) is 0 Å². The van der Waals surface area contributed by atoms with Gasteiger partial charge in [0.15, 0.2) is 0 Å². The molecule has 2 aromatic carbocycles. The number of likely N-dealkylation sites (tertiary alicyclic amines) is 1. The normalized spacial score (nSPS) is 15.4. The van der Waals surface area contributed by atoms with Crippen LogP contribution in [0, 0.1) is 0 Å². The second-order valence-electron chi connectivity index (χ2n) is 6.90. The van der Waals surface area contributed by atoms with Gasteiger partial charge in [-0.05, 0) is 49.1 Å². The lowest BCUT2D eigenvalue weighted by molar-refractivity contribution is 0.0944. The van der Waals surface area contributed by atoms with Gasteiger partial charge in [0, 0.05) is 31.7 Å². The highest BCUT2D eigenvalue weighted by molar-refractivity contribution is 5.94. The van der Waals surface area contributed by atoms with E-state index in [4.69, 9.17) is 9.84 Å². The summed E-state index contributed by atoms with van der Waals surface area (Å²) in [5.74, 6) is 0.624. The van der Waals surface area contributed by atoms with Crippen LogP contribution in [0.15, 0.2) is 54.6 Å². The molecule has 27 heavy (non-hydrogen) atoms. The standard InChI is InChI=1S/C22H28N2O3/c25-17-13-23-22(26)19-6-8-20(9-7-19)27-21-11-15-24(16-12-21)14-10-18-4-2-1-3-5-18/h1-9,21,25H,10-17H2,(H,23,26). The molecule has 0 atom stereocenters. The van der Waals surface area contributed by atoms with E-state index in [1.54, 1.807) is 12.1 Å². The van der Waals surface area contributed by atoms with Crippen LogP contribution in [0.5, 0.6) is 5.75 Å². The number of nitrogens with zero attached hydrogens (tertiary/aromatic N) is 1. The molecule has 1 amide bonds. The Labute approximate surface area is 161 Å². The molecule has 2 aromatic rings. The van der Waals surface area contributed by atoms with E-state index in [0.29, 0.717) is 5.56 Å². The Hall–Kier alpha value is -2.37. The first-order valence-corrected chi connectivity index (χ1v) is 9.66. The lowest BCUT2D eigenvalue weighted by Crippen LogP contribution is -2.39. The quantitative estimate of drug-likeness (QED) is 0.752. The van der Waals surface area contributed by atoms with Crippen LogP contribution >= 0.6 is 0 Å². The number of ether oxygens (including phenoxy) is 1. The minimum absolute atomic E-state index is 0.0586. The zero-order chi connectivity index (χ0) is 18.9. The molecule has 1 heterocycles. The van der Waals surface area contributed by atoms with Crippen LogP contribution < -0.4 is 10.1 Å². The van der Waals surface area contributed by atoms with Gasteiger partial charge in [0.25, 0.3) is 5.91 Å². The number of rotatable bonds is 8. The molecule has 0 aliphatic carbocycles. The molecule has 0 spiro atoms. The van der Waals surface area contributed by atoms with E-state index in [1.165, 1.54) is 5.56 Å². The average molecular weight is 368 g/mol. The topological polar surface area (TPSA) is 61.8 Å². The van der Waals surface area contributed by atoms with Crippen molar-refractivity contribution in [1.29, 1.82) is 0 Å². The third-order valence-electron chi connectivity index (χ3n) is 4.91. The van der Waals surface area contributed by atoms with Crippen LogP contribution in [0.2, 0.25) is 0 Å². The molecule has 0 aromatic heterocycles. The summed E-state index contributed by atoms with van der Waals surface area (Å²) in [5, 5.41) is 11.4. The Kier molecular flexibility index (Phi) is 7.25. The third-order valence-corrected chi connectivity index (χ3v) is 4.91. The SMILES string of the molecule is O=C(NCCO)c1ccc(OC2CCN(CCc3ccccc3)CC2)cc1. The van der Waals surface area contributed by atoms with Gasteiger partial charge in [-0.15, -0.1) is 0 Å². The Bertz CT molecular complexity index is 695. The van der Waals surface area contributed by atoms with E-state index in [1.807, 2.05) is 12.1 Å². The summed E-state index contributed by atoms with van der Waals surface area (Å²) in [6, 6.07) is 17.8. The summed E-state index contributed by atoms with van der Waals surface area (Å²) >= 11 is 0. The van der Waals surface area contributed by atoms with Gasteiger partial charge in [0.05, 0.1) is 6.61 Å². The second kappa shape index (κ2) is 10.1. The number of carbonyl (C=O) groups excluding carboxylic acids is 1. The Morgan fingerprint density at radius 2 is 1.78 bits per heavy atom. The fourth-order valence-electron chi connectivity index (χ4n) is 3.33. The minimum atomic E-state index is -0.178. The lowest BCUT2D eigenvalue weighted by atomic mass is 10.1. The van der Waals surface area contributed by atoms with Crippen molar-refractivity contribution in [1.82, 2.24) is 10.2 Å². The molecule has 1 aliphatic heterocycles. The van der Waals surface area contributed by atoms with Crippen molar-refractivity contribution in [3.05, 3.63) is 65.7 Å². The van der Waals surface area contributed by atoms with Gasteiger partial charge in [0.2, 0.25) is 0 Å². The summed E-state index contributed by atoms with van der Waals surface area (Å²) in [5.41, 5.74) is 1.96. The van der Waals surface area contributed by atoms with Gasteiger partial charge in [-0.2, -0.15) is 0 Å². The monoisotopic (exact) mass is 368 g/mol. The number of carbonyl (C=O) groups is 1. The maximum Gasteiger partial charge on any atom is 0.251 e. The molecule has 5 nitrogen and oxygen atoms in total. The van der Waals surface area contributed by atoms with Crippen LogP contribution in [-0.2, 0) is 6.42 Å². The summed E-state index contributed by atoms with van der Waals surface area (Å²) in [7, 11) is 0. The molecule has 0 radical (unpaired) electrons. The number of aliphatic hydroxyl groups excluding tert-OH is 1. The van der Waals surface area contributed by atoms with E-state index in [0.717, 1.165) is 44.6 Å². The zero-order valence-electron chi connectivity index (χ0n) is 15.6. The Morgan fingerprint density at radius 1 is 1.07 bits per heavy atom. The number of amides is 1.